The molecule has 0 aromatic heterocycles. The van der Waals surface area contributed by atoms with E-state index in [4.69, 9.17) is 0 Å². The molecule has 0 rings (SSSR count). The molecule has 0 heterocycles. The van der Waals surface area contributed by atoms with Crippen molar-refractivity contribution in [2.24, 2.45) is 0 Å². The summed E-state index contributed by atoms with van der Waals surface area (Å²) in [6.07, 6.45) is 0. The molecule has 2 heteroatoms. The summed E-state index contributed by atoms with van der Waals surface area (Å²) in [5.74, 6) is 0. The molecule has 0 radical (unpaired) electrons. The predicted molar refractivity (Wildman–Crippen MR) is 36.2 cm³/mol. The topological polar surface area (TPSA) is 0 Å². The second-order valence-electron chi connectivity index (χ2n) is 1.48. The van der Waals surface area contributed by atoms with Gasteiger partial charge in [-0.2, -0.15) is 0 Å². The Balaban J connectivity index is 0. The number of rotatable bonds is 1. The van der Waals surface area contributed by atoms with Gasteiger partial charge in [-0.05, 0) is 0 Å². The van der Waals surface area contributed by atoms with Gasteiger partial charge in [-0.3, -0.25) is 0 Å². The molecule has 0 aliphatic heterocycles. The van der Waals surface area contributed by atoms with Crippen LogP contribution in [-0.4, -0.2) is 60.2 Å². The molecule has 0 fully saturated rings. The molecule has 0 saturated heterocycles. The van der Waals surface area contributed by atoms with E-state index < -0.39 is 0 Å². The molecule has 0 saturated carbocycles. The van der Waals surface area contributed by atoms with E-state index in [0.29, 0.717) is 0 Å². The molecule has 0 bridgehead atoms. The third-order valence-corrected chi connectivity index (χ3v) is 1.41. The van der Waals surface area contributed by atoms with E-state index in [0.717, 1.165) is 0 Å². The van der Waals surface area contributed by atoms with Crippen LogP contribution < -0.4 is 0 Å². The number of hydrogen-bond acceptors (Lipinski definition) is 0. The molecule has 0 atom stereocenters. The third kappa shape index (κ3) is 9.14. The second-order valence-corrected chi connectivity index (χ2v) is 4.44. The van der Waals surface area contributed by atoms with Crippen molar-refractivity contribution >= 4 is 60.2 Å². The first kappa shape index (κ1) is 10.6. The summed E-state index contributed by atoms with van der Waals surface area (Å²) >= 11 is 0. The molecule has 0 N–H and O–H groups in total. The second kappa shape index (κ2) is 6.59. The van der Waals surface area contributed by atoms with Gasteiger partial charge < -0.3 is 0 Å². The first-order valence-corrected chi connectivity index (χ1v) is 4.87. The zero-order valence-corrected chi connectivity index (χ0v) is 5.02. The van der Waals surface area contributed by atoms with Crippen LogP contribution in [0.4, 0.5) is 0 Å². The Hall–Kier alpha value is 1.59. The minimum absolute atomic E-state index is 0. The van der Waals surface area contributed by atoms with Crippen LogP contribution in [0.3, 0.4) is 0 Å². The fourth-order valence-corrected chi connectivity index (χ4v) is 0. The van der Waals surface area contributed by atoms with Gasteiger partial charge in [-0.1, -0.05) is 13.1 Å². The predicted octanol–water partition coefficient (Wildman–Crippen LogP) is 0.550. The monoisotopic (exact) mass is 126 g/mol. The zero-order valence-electron chi connectivity index (χ0n) is 3.86. The van der Waals surface area contributed by atoms with Gasteiger partial charge in [0.15, 0.2) is 0 Å². The van der Waals surface area contributed by atoms with Crippen LogP contribution >= 0.6 is 0 Å². The van der Waals surface area contributed by atoms with Gasteiger partial charge in [-0.15, -0.1) is 12.3 Å². The molecule has 32 valence electrons. The summed E-state index contributed by atoms with van der Waals surface area (Å²) in [6, 6.07) is 0. The van der Waals surface area contributed by atoms with Crippen molar-refractivity contribution in [3.05, 3.63) is 12.3 Å². The molecule has 0 aliphatic carbocycles. The molecular weight excluding hydrogens is 115 g/mol. The Morgan fingerprint density at radius 3 is 1.67 bits per heavy atom. The van der Waals surface area contributed by atoms with Crippen molar-refractivity contribution in [3.63, 3.8) is 0 Å². The van der Waals surface area contributed by atoms with Gasteiger partial charge in [0, 0.05) is 0 Å². The third-order valence-electron chi connectivity index (χ3n) is 0.471. The van der Waals surface area contributed by atoms with E-state index in [1.807, 2.05) is 0 Å². The first-order chi connectivity index (χ1) is 2.27. The quantitative estimate of drug-likeness (QED) is 0.450. The minimum atomic E-state index is -0.386. The van der Waals surface area contributed by atoms with Gasteiger partial charge in [0.05, 0.1) is 8.80 Å². The van der Waals surface area contributed by atoms with Crippen molar-refractivity contribution in [1.82, 2.24) is 0 Å². The SMILES string of the molecule is C=C[SiH](C)C.[KH]. The van der Waals surface area contributed by atoms with Gasteiger partial charge in [-0.25, -0.2) is 0 Å². The zero-order chi connectivity index (χ0) is 4.28. The molecule has 0 nitrogen and oxygen atoms in total. The Labute approximate surface area is 84.0 Å². The fraction of sp³-hybridized carbons (Fsp3) is 0.500. The maximum absolute atomic E-state index is 3.62. The van der Waals surface area contributed by atoms with Gasteiger partial charge in [0.2, 0.25) is 0 Å². The summed E-state index contributed by atoms with van der Waals surface area (Å²) in [5.41, 5.74) is 2.06. The van der Waals surface area contributed by atoms with Crippen molar-refractivity contribution < 1.29 is 0 Å². The van der Waals surface area contributed by atoms with Gasteiger partial charge in [0.1, 0.15) is 0 Å². The number of hydrogen-bond donors (Lipinski definition) is 0. The van der Waals surface area contributed by atoms with E-state index in [9.17, 15) is 0 Å². The molecule has 0 aliphatic rings. The molecule has 6 heavy (non-hydrogen) atoms. The normalized spacial score (nSPS) is 7.17. The van der Waals surface area contributed by atoms with Gasteiger partial charge >= 0.3 is 51.4 Å². The van der Waals surface area contributed by atoms with Crippen LogP contribution in [0, 0.1) is 0 Å². The van der Waals surface area contributed by atoms with E-state index in [1.54, 1.807) is 0 Å². The standard InChI is InChI=1S/C4H10Si.K.H/c1-4-5(2)3;;/h4-5H,1H2,2-3H3;;. The van der Waals surface area contributed by atoms with Crippen LogP contribution in [0.25, 0.3) is 0 Å². The van der Waals surface area contributed by atoms with E-state index in [-0.39, 0.29) is 60.2 Å². The van der Waals surface area contributed by atoms with E-state index in [2.05, 4.69) is 25.4 Å². The Morgan fingerprint density at radius 2 is 1.67 bits per heavy atom. The van der Waals surface area contributed by atoms with Crippen molar-refractivity contribution in [2.75, 3.05) is 0 Å². The van der Waals surface area contributed by atoms with E-state index >= 15 is 0 Å². The van der Waals surface area contributed by atoms with Gasteiger partial charge in [0.25, 0.3) is 0 Å². The van der Waals surface area contributed by atoms with Crippen LogP contribution in [0.15, 0.2) is 12.3 Å². The van der Waals surface area contributed by atoms with Crippen molar-refractivity contribution in [2.45, 2.75) is 13.1 Å². The maximum atomic E-state index is 3.62. The molecule has 0 unspecified atom stereocenters. The van der Waals surface area contributed by atoms with Crippen LogP contribution in [0.2, 0.25) is 13.1 Å². The Bertz CT molecular complexity index is 34.5. The summed E-state index contributed by atoms with van der Waals surface area (Å²) in [6.45, 7) is 8.11. The molecule has 0 aromatic rings. The summed E-state index contributed by atoms with van der Waals surface area (Å²) in [7, 11) is -0.386. The molecule has 0 amide bonds. The Kier molecular flexibility index (Phi) is 11.6. The summed E-state index contributed by atoms with van der Waals surface area (Å²) in [5, 5.41) is 0. The average Bonchev–Trinajstić information content (AvgIpc) is 1.38. The molecule has 0 spiro atoms. The van der Waals surface area contributed by atoms with Crippen molar-refractivity contribution in [1.29, 1.82) is 0 Å². The first-order valence-electron chi connectivity index (χ1n) is 1.90. The summed E-state index contributed by atoms with van der Waals surface area (Å²) < 4.78 is 0. The van der Waals surface area contributed by atoms with Crippen LogP contribution in [0.5, 0.6) is 0 Å². The van der Waals surface area contributed by atoms with Crippen LogP contribution in [0.1, 0.15) is 0 Å². The van der Waals surface area contributed by atoms with Crippen molar-refractivity contribution in [3.8, 4) is 0 Å². The van der Waals surface area contributed by atoms with Crippen LogP contribution in [-0.2, 0) is 0 Å². The average molecular weight is 126 g/mol. The Morgan fingerprint density at radius 1 is 1.50 bits per heavy atom. The van der Waals surface area contributed by atoms with E-state index in [1.165, 1.54) is 0 Å². The summed E-state index contributed by atoms with van der Waals surface area (Å²) in [4.78, 5) is 0. The fourth-order valence-electron chi connectivity index (χ4n) is 0. The molecular formula is C4H11KSi. The molecule has 0 aromatic carbocycles.